The molecule has 1 unspecified atom stereocenters. The standard InChI is InChI=1S/C16H12ClN3O4/c17-12-7-6-11(8-15(12)20(23)24)19-14(9-13(18-19)16(21)22)10-4-2-1-3-5-10/h1-8,14H,9H2,(H,21,22). The average molecular weight is 346 g/mol. The van der Waals surface area contributed by atoms with Crippen molar-refractivity contribution in [2.45, 2.75) is 12.5 Å². The zero-order valence-corrected chi connectivity index (χ0v) is 13.1. The van der Waals surface area contributed by atoms with Crippen LogP contribution in [0.25, 0.3) is 0 Å². The van der Waals surface area contributed by atoms with Crippen molar-refractivity contribution in [3.05, 3.63) is 69.2 Å². The summed E-state index contributed by atoms with van der Waals surface area (Å²) >= 11 is 5.84. The van der Waals surface area contributed by atoms with E-state index in [0.717, 1.165) is 5.56 Å². The van der Waals surface area contributed by atoms with Crippen LogP contribution in [0.1, 0.15) is 18.0 Å². The number of nitro benzene ring substituents is 1. The number of carboxylic acids is 1. The van der Waals surface area contributed by atoms with Crippen LogP contribution in [0.2, 0.25) is 5.02 Å². The summed E-state index contributed by atoms with van der Waals surface area (Å²) < 4.78 is 0. The predicted molar refractivity (Wildman–Crippen MR) is 89.5 cm³/mol. The molecule has 0 spiro atoms. The number of rotatable bonds is 4. The van der Waals surface area contributed by atoms with Gasteiger partial charge in [0.2, 0.25) is 0 Å². The summed E-state index contributed by atoms with van der Waals surface area (Å²) in [6, 6.07) is 13.2. The first-order valence-electron chi connectivity index (χ1n) is 7.06. The minimum Gasteiger partial charge on any atom is -0.477 e. The molecule has 8 heteroatoms. The van der Waals surface area contributed by atoms with Crippen LogP contribution in [0.5, 0.6) is 0 Å². The molecule has 0 saturated heterocycles. The molecule has 3 rings (SSSR count). The molecule has 0 aliphatic carbocycles. The maximum absolute atomic E-state index is 11.3. The van der Waals surface area contributed by atoms with Crippen LogP contribution >= 0.6 is 11.6 Å². The highest BCUT2D eigenvalue weighted by molar-refractivity contribution is 6.36. The Bertz CT molecular complexity index is 838. The van der Waals surface area contributed by atoms with Gasteiger partial charge in [-0.1, -0.05) is 41.9 Å². The number of halogens is 1. The van der Waals surface area contributed by atoms with Gasteiger partial charge in [0.1, 0.15) is 10.7 Å². The van der Waals surface area contributed by atoms with Crippen LogP contribution in [-0.2, 0) is 4.79 Å². The van der Waals surface area contributed by atoms with Crippen LogP contribution in [0.4, 0.5) is 11.4 Å². The summed E-state index contributed by atoms with van der Waals surface area (Å²) in [5.41, 5.74) is 1.03. The summed E-state index contributed by atoms with van der Waals surface area (Å²) in [6.45, 7) is 0. The fraction of sp³-hybridized carbons (Fsp3) is 0.125. The van der Waals surface area contributed by atoms with E-state index in [0.29, 0.717) is 5.69 Å². The second kappa shape index (κ2) is 6.29. The van der Waals surface area contributed by atoms with Crippen molar-refractivity contribution in [3.8, 4) is 0 Å². The van der Waals surface area contributed by atoms with Crippen molar-refractivity contribution >= 4 is 34.7 Å². The molecule has 1 atom stereocenters. The Hall–Kier alpha value is -2.93. The van der Waals surface area contributed by atoms with Crippen LogP contribution in [0.3, 0.4) is 0 Å². The first-order chi connectivity index (χ1) is 11.5. The van der Waals surface area contributed by atoms with E-state index in [2.05, 4.69) is 5.10 Å². The van der Waals surface area contributed by atoms with Gasteiger partial charge in [-0.3, -0.25) is 15.1 Å². The largest absolute Gasteiger partial charge is 0.477 e. The van der Waals surface area contributed by atoms with Crippen molar-refractivity contribution in [1.82, 2.24) is 0 Å². The van der Waals surface area contributed by atoms with E-state index in [1.807, 2.05) is 30.3 Å². The molecule has 122 valence electrons. The summed E-state index contributed by atoms with van der Waals surface area (Å²) in [6.07, 6.45) is 0.204. The molecule has 0 fully saturated rings. The van der Waals surface area contributed by atoms with Crippen molar-refractivity contribution in [3.63, 3.8) is 0 Å². The van der Waals surface area contributed by atoms with Crippen LogP contribution in [0.15, 0.2) is 53.6 Å². The van der Waals surface area contributed by atoms with Gasteiger partial charge in [-0.25, -0.2) is 4.79 Å². The van der Waals surface area contributed by atoms with Crippen molar-refractivity contribution in [2.75, 3.05) is 5.01 Å². The zero-order chi connectivity index (χ0) is 17.3. The van der Waals surface area contributed by atoms with Gasteiger partial charge >= 0.3 is 5.97 Å². The minimum atomic E-state index is -1.11. The maximum atomic E-state index is 11.3. The van der Waals surface area contributed by atoms with Gasteiger partial charge in [-0.05, 0) is 17.7 Å². The molecule has 2 aromatic rings. The van der Waals surface area contributed by atoms with E-state index < -0.39 is 10.9 Å². The van der Waals surface area contributed by atoms with E-state index in [1.54, 1.807) is 6.07 Å². The minimum absolute atomic E-state index is 0.00135. The number of hydrogen-bond acceptors (Lipinski definition) is 5. The lowest BCUT2D eigenvalue weighted by atomic mass is 10.0. The highest BCUT2D eigenvalue weighted by Gasteiger charge is 2.33. The first-order valence-corrected chi connectivity index (χ1v) is 7.44. The highest BCUT2D eigenvalue weighted by Crippen LogP contribution is 2.38. The van der Waals surface area contributed by atoms with E-state index in [4.69, 9.17) is 11.6 Å². The Morgan fingerprint density at radius 1 is 1.29 bits per heavy atom. The number of aliphatic carboxylic acids is 1. The van der Waals surface area contributed by atoms with Crippen LogP contribution in [0, 0.1) is 10.1 Å². The molecule has 0 radical (unpaired) electrons. The molecule has 0 bridgehead atoms. The Kier molecular flexibility index (Phi) is 4.18. The third-order valence-electron chi connectivity index (χ3n) is 3.73. The molecular formula is C16H12ClN3O4. The number of hydrazone groups is 1. The van der Waals surface area contributed by atoms with Gasteiger partial charge < -0.3 is 5.11 Å². The Balaban J connectivity index is 2.06. The number of nitrogens with zero attached hydrogens (tertiary/aromatic N) is 3. The Labute approximate surface area is 141 Å². The molecule has 0 amide bonds. The van der Waals surface area contributed by atoms with Crippen LogP contribution in [-0.4, -0.2) is 21.7 Å². The molecule has 0 aromatic heterocycles. The topological polar surface area (TPSA) is 96.0 Å². The molecular weight excluding hydrogens is 334 g/mol. The molecule has 0 saturated carbocycles. The van der Waals surface area contributed by atoms with Gasteiger partial charge in [0, 0.05) is 12.5 Å². The van der Waals surface area contributed by atoms with Gasteiger partial charge in [0.15, 0.2) is 0 Å². The molecule has 2 aromatic carbocycles. The van der Waals surface area contributed by atoms with Gasteiger partial charge in [-0.15, -0.1) is 0 Å². The highest BCUT2D eigenvalue weighted by atomic mass is 35.5. The number of carbonyl (C=O) groups is 1. The number of nitro groups is 1. The maximum Gasteiger partial charge on any atom is 0.352 e. The van der Waals surface area contributed by atoms with E-state index in [9.17, 15) is 20.0 Å². The normalized spacial score (nSPS) is 16.8. The fourth-order valence-corrected chi connectivity index (χ4v) is 2.78. The second-order valence-electron chi connectivity index (χ2n) is 5.22. The van der Waals surface area contributed by atoms with E-state index >= 15 is 0 Å². The third kappa shape index (κ3) is 2.93. The second-order valence-corrected chi connectivity index (χ2v) is 5.63. The number of benzene rings is 2. The van der Waals surface area contributed by atoms with Crippen molar-refractivity contribution in [1.29, 1.82) is 0 Å². The zero-order valence-electron chi connectivity index (χ0n) is 12.3. The lowest BCUT2D eigenvalue weighted by Crippen LogP contribution is -2.18. The van der Waals surface area contributed by atoms with Gasteiger partial charge in [-0.2, -0.15) is 5.10 Å². The summed E-state index contributed by atoms with van der Waals surface area (Å²) in [5, 5.41) is 26.0. The monoisotopic (exact) mass is 345 g/mol. The number of hydrogen-bond donors (Lipinski definition) is 1. The number of anilines is 1. The average Bonchev–Trinajstić information content (AvgIpc) is 3.01. The Morgan fingerprint density at radius 3 is 2.62 bits per heavy atom. The summed E-state index contributed by atoms with van der Waals surface area (Å²) in [7, 11) is 0. The van der Waals surface area contributed by atoms with Crippen LogP contribution < -0.4 is 5.01 Å². The Morgan fingerprint density at radius 2 is 2.00 bits per heavy atom. The van der Waals surface area contributed by atoms with E-state index in [1.165, 1.54) is 17.1 Å². The molecule has 7 nitrogen and oxygen atoms in total. The quantitative estimate of drug-likeness (QED) is 0.674. The summed E-state index contributed by atoms with van der Waals surface area (Å²) in [4.78, 5) is 21.8. The number of carboxylic acid groups (broad SMARTS) is 1. The molecule has 1 N–H and O–H groups in total. The van der Waals surface area contributed by atoms with Gasteiger partial charge in [0.05, 0.1) is 16.7 Å². The van der Waals surface area contributed by atoms with Gasteiger partial charge in [0.25, 0.3) is 5.69 Å². The van der Waals surface area contributed by atoms with E-state index in [-0.39, 0.29) is 28.9 Å². The summed E-state index contributed by atoms with van der Waals surface area (Å²) in [5.74, 6) is -1.11. The smallest absolute Gasteiger partial charge is 0.352 e. The van der Waals surface area contributed by atoms with Crippen molar-refractivity contribution < 1.29 is 14.8 Å². The van der Waals surface area contributed by atoms with Crippen molar-refractivity contribution in [2.24, 2.45) is 5.10 Å². The molecule has 1 aliphatic heterocycles. The lowest BCUT2D eigenvalue weighted by Gasteiger charge is -2.23. The third-order valence-corrected chi connectivity index (χ3v) is 4.05. The predicted octanol–water partition coefficient (Wildman–Crippen LogP) is 3.64. The molecule has 24 heavy (non-hydrogen) atoms. The lowest BCUT2D eigenvalue weighted by molar-refractivity contribution is -0.384. The molecule has 1 heterocycles. The first kappa shape index (κ1) is 15.9. The molecule has 1 aliphatic rings. The fourth-order valence-electron chi connectivity index (χ4n) is 2.60. The SMILES string of the molecule is O=C(O)C1=NN(c2ccc(Cl)c([N+](=O)[O-])c2)C(c2ccccc2)C1.